The molecule has 0 bridgehead atoms. The van der Waals surface area contributed by atoms with Gasteiger partial charge in [0.15, 0.2) is 9.84 Å². The van der Waals surface area contributed by atoms with Crippen LogP contribution in [0.2, 0.25) is 0 Å². The van der Waals surface area contributed by atoms with Crippen LogP contribution in [0.15, 0.2) is 0 Å². The largest absolute Gasteiger partial charge is 0.388 e. The van der Waals surface area contributed by atoms with Crippen molar-refractivity contribution in [2.75, 3.05) is 24.4 Å². The van der Waals surface area contributed by atoms with Crippen molar-refractivity contribution in [2.45, 2.75) is 55.0 Å². The van der Waals surface area contributed by atoms with E-state index in [9.17, 15) is 13.5 Å². The van der Waals surface area contributed by atoms with Crippen molar-refractivity contribution in [3.05, 3.63) is 0 Å². The zero-order valence-corrected chi connectivity index (χ0v) is 13.6. The fourth-order valence-corrected chi connectivity index (χ4v) is 7.38. The maximum atomic E-state index is 12.0. The second kappa shape index (κ2) is 5.14. The van der Waals surface area contributed by atoms with Crippen molar-refractivity contribution in [1.29, 1.82) is 0 Å². The van der Waals surface area contributed by atoms with E-state index in [1.807, 2.05) is 11.8 Å². The molecular formula is C14H24O4S2. The summed E-state index contributed by atoms with van der Waals surface area (Å²) in [6.45, 7) is 0.657. The minimum absolute atomic E-state index is 0.0668. The van der Waals surface area contributed by atoms with E-state index in [0.717, 1.165) is 37.2 Å². The van der Waals surface area contributed by atoms with Gasteiger partial charge in [0.05, 0.1) is 16.5 Å². The van der Waals surface area contributed by atoms with Gasteiger partial charge in [-0.1, -0.05) is 0 Å². The first-order valence-electron chi connectivity index (χ1n) is 7.49. The first-order chi connectivity index (χ1) is 9.36. The van der Waals surface area contributed by atoms with Crippen LogP contribution in [0.4, 0.5) is 0 Å². The molecule has 0 aromatic heterocycles. The molecule has 1 N–H and O–H groups in total. The van der Waals surface area contributed by atoms with Crippen LogP contribution in [0, 0.1) is 5.92 Å². The van der Waals surface area contributed by atoms with E-state index >= 15 is 0 Å². The second-order valence-electron chi connectivity index (χ2n) is 6.73. The summed E-state index contributed by atoms with van der Waals surface area (Å²) < 4.78 is 30.0. The number of rotatable bonds is 2. The molecule has 20 heavy (non-hydrogen) atoms. The average molecular weight is 320 g/mol. The summed E-state index contributed by atoms with van der Waals surface area (Å²) in [5.41, 5.74) is -1.13. The van der Waals surface area contributed by atoms with Crippen LogP contribution < -0.4 is 0 Å². The molecule has 4 atom stereocenters. The Bertz CT molecular complexity index is 470. The van der Waals surface area contributed by atoms with Gasteiger partial charge in [-0.2, -0.15) is 11.8 Å². The van der Waals surface area contributed by atoms with E-state index in [0.29, 0.717) is 19.4 Å². The minimum Gasteiger partial charge on any atom is -0.388 e. The number of thioether (sulfide) groups is 1. The van der Waals surface area contributed by atoms with Gasteiger partial charge in [0.1, 0.15) is 0 Å². The Hall–Kier alpha value is 0.220. The van der Waals surface area contributed by atoms with E-state index in [1.54, 1.807) is 0 Å². The quantitative estimate of drug-likeness (QED) is 0.837. The molecule has 2 heterocycles. The van der Waals surface area contributed by atoms with E-state index in [4.69, 9.17) is 4.74 Å². The Morgan fingerprint density at radius 2 is 2.10 bits per heavy atom. The molecule has 3 rings (SSSR count). The molecule has 2 aliphatic heterocycles. The zero-order chi connectivity index (χ0) is 14.4. The van der Waals surface area contributed by atoms with Gasteiger partial charge in [0.25, 0.3) is 0 Å². The summed E-state index contributed by atoms with van der Waals surface area (Å²) in [6.07, 6.45) is 5.96. The fourth-order valence-electron chi connectivity index (χ4n) is 4.35. The summed E-state index contributed by atoms with van der Waals surface area (Å²) in [6, 6.07) is 0. The number of hydrogen-bond acceptors (Lipinski definition) is 5. The second-order valence-corrected chi connectivity index (χ2v) is 10.1. The highest BCUT2D eigenvalue weighted by atomic mass is 32.2. The van der Waals surface area contributed by atoms with Crippen molar-refractivity contribution in [3.8, 4) is 0 Å². The van der Waals surface area contributed by atoms with E-state index < -0.39 is 20.7 Å². The Labute approximate surface area is 125 Å². The van der Waals surface area contributed by atoms with Crippen LogP contribution >= 0.6 is 11.8 Å². The molecule has 1 spiro atoms. The maximum absolute atomic E-state index is 12.0. The monoisotopic (exact) mass is 320 g/mol. The first kappa shape index (κ1) is 15.1. The number of sulfone groups is 1. The summed E-state index contributed by atoms with van der Waals surface area (Å²) in [4.78, 5) is 0. The van der Waals surface area contributed by atoms with Gasteiger partial charge in [0.2, 0.25) is 0 Å². The molecule has 2 saturated heterocycles. The smallest absolute Gasteiger partial charge is 0.153 e. The summed E-state index contributed by atoms with van der Waals surface area (Å²) in [7, 11) is -3.19. The van der Waals surface area contributed by atoms with Crippen molar-refractivity contribution in [1.82, 2.24) is 0 Å². The topological polar surface area (TPSA) is 63.6 Å². The lowest BCUT2D eigenvalue weighted by molar-refractivity contribution is -0.128. The average Bonchev–Trinajstić information content (AvgIpc) is 2.97. The minimum atomic E-state index is -3.19. The standard InChI is InChI=1S/C14H24O4S2/c1-20(16,17)12-3-2-5-14(12,15)11-4-7-18-13(9-11)6-8-19-10-13/h11-12,15H,2-10H2,1H3. The Morgan fingerprint density at radius 3 is 2.75 bits per heavy atom. The van der Waals surface area contributed by atoms with Crippen molar-refractivity contribution >= 4 is 21.6 Å². The van der Waals surface area contributed by atoms with Crippen molar-refractivity contribution in [2.24, 2.45) is 5.92 Å². The summed E-state index contributed by atoms with van der Waals surface area (Å²) in [5, 5.41) is 10.5. The third kappa shape index (κ3) is 2.53. The molecule has 1 aliphatic carbocycles. The van der Waals surface area contributed by atoms with E-state index in [1.165, 1.54) is 6.26 Å². The molecule has 3 aliphatic rings. The lowest BCUT2D eigenvalue weighted by atomic mass is 9.74. The van der Waals surface area contributed by atoms with Gasteiger partial charge in [-0.05, 0) is 50.2 Å². The third-order valence-corrected chi connectivity index (χ3v) is 8.29. The molecule has 116 valence electrons. The maximum Gasteiger partial charge on any atom is 0.153 e. The molecule has 0 aromatic carbocycles. The summed E-state index contributed by atoms with van der Waals surface area (Å²) >= 11 is 1.90. The molecule has 1 saturated carbocycles. The fraction of sp³-hybridized carbons (Fsp3) is 1.00. The molecule has 4 nitrogen and oxygen atoms in total. The van der Waals surface area contributed by atoms with Crippen LogP contribution in [0.5, 0.6) is 0 Å². The van der Waals surface area contributed by atoms with Crippen LogP contribution in [-0.2, 0) is 14.6 Å². The van der Waals surface area contributed by atoms with Gasteiger partial charge in [-0.25, -0.2) is 8.42 Å². The van der Waals surface area contributed by atoms with Gasteiger partial charge < -0.3 is 9.84 Å². The van der Waals surface area contributed by atoms with E-state index in [2.05, 4.69) is 0 Å². The van der Waals surface area contributed by atoms with Crippen molar-refractivity contribution < 1.29 is 18.3 Å². The van der Waals surface area contributed by atoms with E-state index in [-0.39, 0.29) is 11.5 Å². The molecule has 6 heteroatoms. The van der Waals surface area contributed by atoms with Crippen LogP contribution in [-0.4, -0.2) is 54.3 Å². The molecular weight excluding hydrogens is 296 g/mol. The van der Waals surface area contributed by atoms with Gasteiger partial charge in [0, 0.05) is 18.6 Å². The first-order valence-corrected chi connectivity index (χ1v) is 10.6. The predicted molar refractivity (Wildman–Crippen MR) is 80.8 cm³/mol. The molecule has 0 radical (unpaired) electrons. The Morgan fingerprint density at radius 1 is 1.30 bits per heavy atom. The van der Waals surface area contributed by atoms with Gasteiger partial charge >= 0.3 is 0 Å². The van der Waals surface area contributed by atoms with Crippen LogP contribution in [0.25, 0.3) is 0 Å². The highest BCUT2D eigenvalue weighted by Gasteiger charge is 2.55. The summed E-state index contributed by atoms with van der Waals surface area (Å²) in [5.74, 6) is 2.17. The Kier molecular flexibility index (Phi) is 3.89. The molecule has 4 unspecified atom stereocenters. The molecule has 0 aromatic rings. The number of aliphatic hydroxyl groups is 1. The lowest BCUT2D eigenvalue weighted by Crippen LogP contribution is -2.54. The SMILES string of the molecule is CS(=O)(=O)C1CCCC1(O)C1CCOC2(CCSC2)C1. The van der Waals surface area contributed by atoms with Gasteiger partial charge in [-0.15, -0.1) is 0 Å². The van der Waals surface area contributed by atoms with Crippen LogP contribution in [0.1, 0.15) is 38.5 Å². The third-order valence-electron chi connectivity index (χ3n) is 5.38. The highest BCUT2D eigenvalue weighted by molar-refractivity contribution is 7.99. The zero-order valence-electron chi connectivity index (χ0n) is 12.0. The number of hydrogen-bond donors (Lipinski definition) is 1. The predicted octanol–water partition coefficient (Wildman–Crippen LogP) is 1.62. The molecule has 3 fully saturated rings. The molecule has 0 amide bonds. The van der Waals surface area contributed by atoms with Crippen molar-refractivity contribution in [3.63, 3.8) is 0 Å². The number of ether oxygens (including phenoxy) is 1. The normalized spacial score (nSPS) is 46.1. The lowest BCUT2D eigenvalue weighted by Gasteiger charge is -2.45. The Balaban J connectivity index is 1.83. The highest BCUT2D eigenvalue weighted by Crippen LogP contribution is 2.49. The van der Waals surface area contributed by atoms with Gasteiger partial charge in [-0.3, -0.25) is 0 Å². The van der Waals surface area contributed by atoms with Crippen LogP contribution in [0.3, 0.4) is 0 Å².